The van der Waals surface area contributed by atoms with Crippen LogP contribution in [-0.2, 0) is 0 Å². The number of carbonyl (C=O) groups is 1. The third kappa shape index (κ3) is 3.29. The van der Waals surface area contributed by atoms with Crippen molar-refractivity contribution in [2.75, 3.05) is 12.4 Å². The topological polar surface area (TPSA) is 119 Å². The van der Waals surface area contributed by atoms with Gasteiger partial charge in [0, 0.05) is 18.5 Å². The maximum absolute atomic E-state index is 12.3. The maximum atomic E-state index is 12.3. The molecule has 2 aromatic heterocycles. The molecule has 0 fully saturated rings. The SMILES string of the molecule is COc1ccccc1-n1nc(C(=O)Nc2ncccn2)c(O)cc1=O. The standard InChI is InChI=1S/C16H13N5O4/c1-25-12-6-3-2-5-10(12)21-13(23)9-11(22)14(20-21)15(24)19-16-17-7-4-8-18-16/h2-9,22H,1H3,(H,17,18,19,24). The molecule has 0 saturated heterocycles. The average Bonchev–Trinajstić information content (AvgIpc) is 2.62. The molecular weight excluding hydrogens is 326 g/mol. The van der Waals surface area contributed by atoms with Crippen molar-refractivity contribution in [2.45, 2.75) is 0 Å². The number of ether oxygens (including phenoxy) is 1. The molecule has 0 bridgehead atoms. The molecule has 1 amide bonds. The first-order chi connectivity index (χ1) is 12.1. The van der Waals surface area contributed by atoms with E-state index >= 15 is 0 Å². The number of nitrogens with one attached hydrogen (secondary N) is 1. The highest BCUT2D eigenvalue weighted by atomic mass is 16.5. The second kappa shape index (κ2) is 6.79. The Kier molecular flexibility index (Phi) is 4.38. The van der Waals surface area contributed by atoms with Crippen molar-refractivity contribution in [3.63, 3.8) is 0 Å². The Morgan fingerprint density at radius 1 is 1.20 bits per heavy atom. The van der Waals surface area contributed by atoms with Gasteiger partial charge in [0.2, 0.25) is 5.95 Å². The predicted molar refractivity (Wildman–Crippen MR) is 88.0 cm³/mol. The zero-order valence-corrected chi connectivity index (χ0v) is 13.1. The lowest BCUT2D eigenvalue weighted by Crippen LogP contribution is -2.26. The van der Waals surface area contributed by atoms with Crippen LogP contribution in [0.2, 0.25) is 0 Å². The van der Waals surface area contributed by atoms with Crippen molar-refractivity contribution in [3.8, 4) is 17.2 Å². The lowest BCUT2D eigenvalue weighted by molar-refractivity contribution is 0.101. The Balaban J connectivity index is 2.04. The summed E-state index contributed by atoms with van der Waals surface area (Å²) in [6, 6.07) is 9.16. The van der Waals surface area contributed by atoms with Gasteiger partial charge in [-0.25, -0.2) is 9.97 Å². The summed E-state index contributed by atoms with van der Waals surface area (Å²) in [6.45, 7) is 0. The van der Waals surface area contributed by atoms with Gasteiger partial charge in [-0.1, -0.05) is 12.1 Å². The summed E-state index contributed by atoms with van der Waals surface area (Å²) in [6.07, 6.45) is 2.90. The van der Waals surface area contributed by atoms with E-state index in [4.69, 9.17) is 4.74 Å². The molecule has 0 saturated carbocycles. The fourth-order valence-corrected chi connectivity index (χ4v) is 2.11. The van der Waals surface area contributed by atoms with Gasteiger partial charge in [0.1, 0.15) is 11.4 Å². The molecule has 0 aliphatic rings. The van der Waals surface area contributed by atoms with Crippen molar-refractivity contribution < 1.29 is 14.6 Å². The van der Waals surface area contributed by atoms with Crippen molar-refractivity contribution in [3.05, 3.63) is 64.8 Å². The highest BCUT2D eigenvalue weighted by Gasteiger charge is 2.19. The first-order valence-electron chi connectivity index (χ1n) is 7.15. The average molecular weight is 339 g/mol. The molecule has 25 heavy (non-hydrogen) atoms. The summed E-state index contributed by atoms with van der Waals surface area (Å²) >= 11 is 0. The summed E-state index contributed by atoms with van der Waals surface area (Å²) in [5.41, 5.74) is -0.632. The van der Waals surface area contributed by atoms with Crippen molar-refractivity contribution in [2.24, 2.45) is 0 Å². The van der Waals surface area contributed by atoms with Gasteiger partial charge < -0.3 is 9.84 Å². The van der Waals surface area contributed by atoms with Gasteiger partial charge >= 0.3 is 0 Å². The van der Waals surface area contributed by atoms with Crippen LogP contribution in [0, 0.1) is 0 Å². The second-order valence-electron chi connectivity index (χ2n) is 4.83. The van der Waals surface area contributed by atoms with E-state index in [1.807, 2.05) is 0 Å². The number of carbonyl (C=O) groups excluding carboxylic acids is 1. The number of benzene rings is 1. The van der Waals surface area contributed by atoms with Gasteiger partial charge in [0.05, 0.1) is 7.11 Å². The number of hydrogen-bond donors (Lipinski definition) is 2. The number of aromatic hydroxyl groups is 1. The second-order valence-corrected chi connectivity index (χ2v) is 4.83. The molecule has 0 radical (unpaired) electrons. The predicted octanol–water partition coefficient (Wildman–Crippen LogP) is 0.989. The molecule has 0 unspecified atom stereocenters. The number of anilines is 1. The Morgan fingerprint density at radius 3 is 2.64 bits per heavy atom. The summed E-state index contributed by atoms with van der Waals surface area (Å²) in [5, 5.41) is 16.3. The summed E-state index contributed by atoms with van der Waals surface area (Å²) in [4.78, 5) is 32.2. The molecule has 0 atom stereocenters. The van der Waals surface area contributed by atoms with Crippen molar-refractivity contribution in [1.82, 2.24) is 19.7 Å². The lowest BCUT2D eigenvalue weighted by atomic mass is 10.3. The van der Waals surface area contributed by atoms with Gasteiger partial charge in [0.15, 0.2) is 11.4 Å². The summed E-state index contributed by atoms with van der Waals surface area (Å²) in [5.74, 6) is -0.874. The molecular formula is C16H13N5O4. The minimum atomic E-state index is -0.757. The first-order valence-corrected chi connectivity index (χ1v) is 7.15. The van der Waals surface area contributed by atoms with E-state index in [0.29, 0.717) is 11.4 Å². The van der Waals surface area contributed by atoms with Crippen LogP contribution in [0.25, 0.3) is 5.69 Å². The van der Waals surface area contributed by atoms with E-state index in [1.54, 1.807) is 30.3 Å². The van der Waals surface area contributed by atoms with Crippen molar-refractivity contribution >= 4 is 11.9 Å². The van der Waals surface area contributed by atoms with Crippen LogP contribution in [-0.4, -0.2) is 37.9 Å². The quantitative estimate of drug-likeness (QED) is 0.727. The van der Waals surface area contributed by atoms with Gasteiger partial charge in [0.25, 0.3) is 11.5 Å². The van der Waals surface area contributed by atoms with E-state index in [0.717, 1.165) is 10.7 Å². The Labute approximate surface area is 141 Å². The van der Waals surface area contributed by atoms with E-state index in [2.05, 4.69) is 20.4 Å². The Bertz CT molecular complexity index is 972. The number of nitrogens with zero attached hydrogens (tertiary/aromatic N) is 4. The lowest BCUT2D eigenvalue weighted by Gasteiger charge is -2.11. The molecule has 9 heteroatoms. The summed E-state index contributed by atoms with van der Waals surface area (Å²) in [7, 11) is 1.45. The van der Waals surface area contributed by atoms with Gasteiger partial charge in [-0.2, -0.15) is 9.78 Å². The Hall–Kier alpha value is -3.75. The zero-order valence-electron chi connectivity index (χ0n) is 13.1. The number of aromatic nitrogens is 4. The monoisotopic (exact) mass is 339 g/mol. The van der Waals surface area contributed by atoms with Crippen LogP contribution in [0.5, 0.6) is 11.5 Å². The molecule has 2 heterocycles. The smallest absolute Gasteiger partial charge is 0.282 e. The number of amides is 1. The molecule has 0 aliphatic heterocycles. The van der Waals surface area contributed by atoms with Gasteiger partial charge in [-0.15, -0.1) is 0 Å². The number of para-hydroxylation sites is 2. The molecule has 0 spiro atoms. The third-order valence-corrected chi connectivity index (χ3v) is 3.23. The summed E-state index contributed by atoms with van der Waals surface area (Å²) < 4.78 is 6.17. The molecule has 9 nitrogen and oxygen atoms in total. The molecule has 2 N–H and O–H groups in total. The molecule has 126 valence electrons. The largest absolute Gasteiger partial charge is 0.505 e. The van der Waals surface area contributed by atoms with E-state index in [-0.39, 0.29) is 11.6 Å². The molecule has 1 aromatic carbocycles. The number of rotatable bonds is 4. The Morgan fingerprint density at radius 2 is 1.92 bits per heavy atom. The number of methoxy groups -OCH3 is 1. The van der Waals surface area contributed by atoms with Crippen molar-refractivity contribution in [1.29, 1.82) is 0 Å². The highest BCUT2D eigenvalue weighted by molar-refractivity contribution is 6.03. The fraction of sp³-hybridized carbons (Fsp3) is 0.0625. The van der Waals surface area contributed by atoms with Crippen LogP contribution >= 0.6 is 0 Å². The van der Waals surface area contributed by atoms with Crippen LogP contribution in [0.4, 0.5) is 5.95 Å². The molecule has 0 aliphatic carbocycles. The van der Waals surface area contributed by atoms with E-state index in [1.165, 1.54) is 19.5 Å². The van der Waals surface area contributed by atoms with Crippen LogP contribution in [0.1, 0.15) is 10.5 Å². The van der Waals surface area contributed by atoms with Crippen LogP contribution in [0.3, 0.4) is 0 Å². The normalized spacial score (nSPS) is 10.3. The zero-order chi connectivity index (χ0) is 17.8. The van der Waals surface area contributed by atoms with Gasteiger partial charge in [-0.3, -0.25) is 14.9 Å². The molecule has 3 aromatic rings. The first kappa shape index (κ1) is 16.1. The maximum Gasteiger partial charge on any atom is 0.282 e. The van der Waals surface area contributed by atoms with E-state index < -0.39 is 17.2 Å². The van der Waals surface area contributed by atoms with Crippen LogP contribution < -0.4 is 15.6 Å². The van der Waals surface area contributed by atoms with Crippen LogP contribution in [0.15, 0.2) is 53.6 Å². The molecule has 3 rings (SSSR count). The minimum absolute atomic E-state index is 0.0451. The fourth-order valence-electron chi connectivity index (χ4n) is 2.11. The minimum Gasteiger partial charge on any atom is -0.505 e. The third-order valence-electron chi connectivity index (χ3n) is 3.23. The van der Waals surface area contributed by atoms with Gasteiger partial charge in [-0.05, 0) is 18.2 Å². The number of hydrogen-bond acceptors (Lipinski definition) is 7. The highest BCUT2D eigenvalue weighted by Crippen LogP contribution is 2.21. The van der Waals surface area contributed by atoms with E-state index in [9.17, 15) is 14.7 Å².